The van der Waals surface area contributed by atoms with E-state index in [4.69, 9.17) is 5.10 Å². The zero-order chi connectivity index (χ0) is 18.1. The number of benzene rings is 1. The molecule has 1 atom stereocenters. The first kappa shape index (κ1) is 16.0. The van der Waals surface area contributed by atoms with Crippen LogP contribution in [0.4, 0.5) is 5.82 Å². The molecule has 1 saturated carbocycles. The van der Waals surface area contributed by atoms with Crippen molar-refractivity contribution in [1.82, 2.24) is 29.8 Å². The molecule has 0 amide bonds. The average Bonchev–Trinajstić information content (AvgIpc) is 3.31. The first-order valence-electron chi connectivity index (χ1n) is 9.37. The van der Waals surface area contributed by atoms with Crippen molar-refractivity contribution in [3.63, 3.8) is 0 Å². The van der Waals surface area contributed by atoms with Crippen molar-refractivity contribution in [2.24, 2.45) is 0 Å². The molecule has 0 aliphatic heterocycles. The molecule has 0 radical (unpaired) electrons. The summed E-state index contributed by atoms with van der Waals surface area (Å²) in [6, 6.07) is 12.5. The maximum Gasteiger partial charge on any atom is 0.152 e. The molecule has 2 N–H and O–H groups in total. The molecule has 1 aliphatic carbocycles. The first-order valence-corrected chi connectivity index (χ1v) is 9.37. The van der Waals surface area contributed by atoms with Gasteiger partial charge in [0.2, 0.25) is 0 Å². The van der Waals surface area contributed by atoms with Gasteiger partial charge in [0.1, 0.15) is 17.7 Å². The topological polar surface area (TPSA) is 83.8 Å². The van der Waals surface area contributed by atoms with Crippen LogP contribution >= 0.6 is 0 Å². The Kier molecular flexibility index (Phi) is 4.04. The van der Waals surface area contributed by atoms with E-state index in [1.165, 1.54) is 30.5 Å². The molecular formula is C20H21N7. The van der Waals surface area contributed by atoms with Gasteiger partial charge >= 0.3 is 0 Å². The number of nitrogens with one attached hydrogen (secondary N) is 2. The zero-order valence-corrected chi connectivity index (χ0v) is 14.9. The second-order valence-corrected chi connectivity index (χ2v) is 7.02. The highest BCUT2D eigenvalue weighted by molar-refractivity contribution is 5.68. The SMILES string of the molecule is c1ccc(C(CNc2nccn3nc(C4CCC4)cc23)c2ncn[nH]2)cc1. The minimum Gasteiger partial charge on any atom is -0.367 e. The van der Waals surface area contributed by atoms with Gasteiger partial charge in [0.05, 0.1) is 11.6 Å². The molecule has 1 unspecified atom stereocenters. The van der Waals surface area contributed by atoms with Gasteiger partial charge in [-0.2, -0.15) is 10.2 Å². The summed E-state index contributed by atoms with van der Waals surface area (Å²) in [4.78, 5) is 8.92. The molecule has 3 heterocycles. The Labute approximate surface area is 156 Å². The third kappa shape index (κ3) is 3.05. The van der Waals surface area contributed by atoms with Gasteiger partial charge < -0.3 is 5.32 Å². The zero-order valence-electron chi connectivity index (χ0n) is 14.9. The van der Waals surface area contributed by atoms with Gasteiger partial charge in [-0.1, -0.05) is 36.8 Å². The maximum atomic E-state index is 4.74. The van der Waals surface area contributed by atoms with Crippen molar-refractivity contribution in [2.45, 2.75) is 31.1 Å². The lowest BCUT2D eigenvalue weighted by molar-refractivity contribution is 0.409. The lowest BCUT2D eigenvalue weighted by atomic mass is 9.83. The highest BCUT2D eigenvalue weighted by atomic mass is 15.2. The summed E-state index contributed by atoms with van der Waals surface area (Å²) in [5, 5.41) is 15.3. The molecule has 7 nitrogen and oxygen atoms in total. The second kappa shape index (κ2) is 6.83. The van der Waals surface area contributed by atoms with Crippen LogP contribution in [-0.4, -0.2) is 36.3 Å². The minimum absolute atomic E-state index is 0.0600. The number of fused-ring (bicyclic) bond motifs is 1. The van der Waals surface area contributed by atoms with Crippen LogP contribution in [0.2, 0.25) is 0 Å². The number of anilines is 1. The summed E-state index contributed by atoms with van der Waals surface area (Å²) in [6.07, 6.45) is 9.03. The summed E-state index contributed by atoms with van der Waals surface area (Å²) >= 11 is 0. The van der Waals surface area contributed by atoms with Gasteiger partial charge in [-0.3, -0.25) is 5.10 Å². The first-order chi connectivity index (χ1) is 13.4. The van der Waals surface area contributed by atoms with Gasteiger partial charge in [-0.05, 0) is 24.5 Å². The Hall–Kier alpha value is -3.22. The summed E-state index contributed by atoms with van der Waals surface area (Å²) in [5.41, 5.74) is 3.37. The third-order valence-corrected chi connectivity index (χ3v) is 5.37. The van der Waals surface area contributed by atoms with Crippen molar-refractivity contribution in [3.05, 3.63) is 72.2 Å². The second-order valence-electron chi connectivity index (χ2n) is 7.02. The molecular weight excluding hydrogens is 338 g/mol. The van der Waals surface area contributed by atoms with E-state index in [1.54, 1.807) is 12.5 Å². The molecule has 0 spiro atoms. The van der Waals surface area contributed by atoms with Gasteiger partial charge in [-0.15, -0.1) is 0 Å². The molecule has 7 heteroatoms. The fourth-order valence-corrected chi connectivity index (χ4v) is 3.62. The molecule has 0 bridgehead atoms. The van der Waals surface area contributed by atoms with E-state index in [2.05, 4.69) is 43.7 Å². The lowest BCUT2D eigenvalue weighted by Crippen LogP contribution is -2.16. The summed E-state index contributed by atoms with van der Waals surface area (Å²) in [5.74, 6) is 2.34. The summed E-state index contributed by atoms with van der Waals surface area (Å²) in [6.45, 7) is 0.663. The highest BCUT2D eigenvalue weighted by Gasteiger charge is 2.23. The Balaban J connectivity index is 1.43. The van der Waals surface area contributed by atoms with Crippen LogP contribution in [0.15, 0.2) is 55.1 Å². The maximum absolute atomic E-state index is 4.74. The fraction of sp³-hybridized carbons (Fsp3) is 0.300. The van der Waals surface area contributed by atoms with E-state index in [0.717, 1.165) is 17.2 Å². The molecule has 1 aliphatic rings. The van der Waals surface area contributed by atoms with Crippen molar-refractivity contribution in [3.8, 4) is 0 Å². The number of aromatic amines is 1. The largest absolute Gasteiger partial charge is 0.367 e. The van der Waals surface area contributed by atoms with Crippen LogP contribution in [-0.2, 0) is 0 Å². The van der Waals surface area contributed by atoms with E-state index in [1.807, 2.05) is 28.9 Å². The molecule has 5 rings (SSSR count). The van der Waals surface area contributed by atoms with Crippen molar-refractivity contribution in [2.75, 3.05) is 11.9 Å². The quantitative estimate of drug-likeness (QED) is 0.551. The Morgan fingerprint density at radius 3 is 2.81 bits per heavy atom. The number of hydrogen-bond donors (Lipinski definition) is 2. The number of rotatable bonds is 6. The van der Waals surface area contributed by atoms with E-state index in [-0.39, 0.29) is 5.92 Å². The number of aromatic nitrogens is 6. The molecule has 3 aromatic heterocycles. The fourth-order valence-electron chi connectivity index (χ4n) is 3.62. The Bertz CT molecular complexity index is 1020. The smallest absolute Gasteiger partial charge is 0.152 e. The van der Waals surface area contributed by atoms with Gasteiger partial charge in [0.25, 0.3) is 0 Å². The standard InChI is InChI=1S/C20H21N7/c1-2-5-14(6-3-1)16(19-23-13-24-25-19)12-22-20-18-11-17(15-7-4-8-15)26-27(18)10-9-21-20/h1-3,5-6,9-11,13,15-16H,4,7-8,12H2,(H,21,22)(H,23,24,25). The average molecular weight is 359 g/mol. The van der Waals surface area contributed by atoms with Crippen LogP contribution in [0.3, 0.4) is 0 Å². The Morgan fingerprint density at radius 2 is 2.07 bits per heavy atom. The van der Waals surface area contributed by atoms with Crippen LogP contribution < -0.4 is 5.32 Å². The van der Waals surface area contributed by atoms with E-state index < -0.39 is 0 Å². The number of H-pyrrole nitrogens is 1. The van der Waals surface area contributed by atoms with Crippen LogP contribution in [0.5, 0.6) is 0 Å². The molecule has 1 aromatic carbocycles. The van der Waals surface area contributed by atoms with E-state index >= 15 is 0 Å². The minimum atomic E-state index is 0.0600. The van der Waals surface area contributed by atoms with Crippen LogP contribution in [0, 0.1) is 0 Å². The highest BCUT2D eigenvalue weighted by Crippen LogP contribution is 2.36. The monoisotopic (exact) mass is 359 g/mol. The third-order valence-electron chi connectivity index (χ3n) is 5.37. The molecule has 0 saturated heterocycles. The predicted octanol–water partition coefficient (Wildman–Crippen LogP) is 3.36. The summed E-state index contributed by atoms with van der Waals surface area (Å²) in [7, 11) is 0. The van der Waals surface area contributed by atoms with Crippen molar-refractivity contribution >= 4 is 11.3 Å². The molecule has 4 aromatic rings. The van der Waals surface area contributed by atoms with Gasteiger partial charge in [0.15, 0.2) is 5.82 Å². The number of nitrogens with zero attached hydrogens (tertiary/aromatic N) is 5. The van der Waals surface area contributed by atoms with Crippen molar-refractivity contribution in [1.29, 1.82) is 0 Å². The molecule has 27 heavy (non-hydrogen) atoms. The van der Waals surface area contributed by atoms with Gasteiger partial charge in [0, 0.05) is 24.9 Å². The molecule has 136 valence electrons. The predicted molar refractivity (Wildman–Crippen MR) is 103 cm³/mol. The lowest BCUT2D eigenvalue weighted by Gasteiger charge is -2.22. The van der Waals surface area contributed by atoms with Gasteiger partial charge in [-0.25, -0.2) is 14.5 Å². The normalized spacial score (nSPS) is 15.6. The van der Waals surface area contributed by atoms with E-state index in [9.17, 15) is 0 Å². The summed E-state index contributed by atoms with van der Waals surface area (Å²) < 4.78 is 1.93. The Morgan fingerprint density at radius 1 is 1.19 bits per heavy atom. The van der Waals surface area contributed by atoms with Crippen LogP contribution in [0.1, 0.15) is 48.2 Å². The number of hydrogen-bond acceptors (Lipinski definition) is 5. The molecule has 1 fully saturated rings. The van der Waals surface area contributed by atoms with Crippen LogP contribution in [0.25, 0.3) is 5.52 Å². The van der Waals surface area contributed by atoms with Crippen molar-refractivity contribution < 1.29 is 0 Å². The van der Waals surface area contributed by atoms with E-state index in [0.29, 0.717) is 12.5 Å².